The molecule has 0 bridgehead atoms. The molecule has 2 heterocycles. The number of aliphatic hydroxyl groups excluding tert-OH is 1. The van der Waals surface area contributed by atoms with Crippen LogP contribution in [0.2, 0.25) is 0 Å². The predicted octanol–water partition coefficient (Wildman–Crippen LogP) is 4.02. The zero-order valence-electron chi connectivity index (χ0n) is 17.3. The fraction of sp³-hybridized carbons (Fsp3) is 0.160. The van der Waals surface area contributed by atoms with Gasteiger partial charge in [-0.05, 0) is 42.3 Å². The van der Waals surface area contributed by atoms with Crippen LogP contribution in [0.3, 0.4) is 0 Å². The maximum absolute atomic E-state index is 13.1. The van der Waals surface area contributed by atoms with Crippen molar-refractivity contribution in [1.29, 1.82) is 0 Å². The molecule has 1 aromatic heterocycles. The van der Waals surface area contributed by atoms with Gasteiger partial charge in [0, 0.05) is 6.20 Å². The highest BCUT2D eigenvalue weighted by Crippen LogP contribution is 2.42. The first-order valence-electron chi connectivity index (χ1n) is 9.90. The fourth-order valence-electron chi connectivity index (χ4n) is 3.91. The summed E-state index contributed by atoms with van der Waals surface area (Å²) in [5.41, 5.74) is 2.74. The molecule has 1 unspecified atom stereocenters. The number of aliphatic hydroxyl groups is 1. The molecule has 1 saturated heterocycles. The average Bonchev–Trinajstić information content (AvgIpc) is 3.04. The number of carbonyl (C=O) groups excluding carboxylic acids is 2. The lowest BCUT2D eigenvalue weighted by atomic mass is 9.92. The zero-order chi connectivity index (χ0) is 22.0. The van der Waals surface area contributed by atoms with Gasteiger partial charge < -0.3 is 14.7 Å². The van der Waals surface area contributed by atoms with Crippen LogP contribution < -0.4 is 4.74 Å². The van der Waals surface area contributed by atoms with Crippen molar-refractivity contribution in [3.63, 3.8) is 0 Å². The molecule has 3 aromatic rings. The SMILES string of the molecule is COc1ccccc1/C(O)=C1\C(=O)C(=O)N(Cc2ccccn2)C1c1ccccc1C. The van der Waals surface area contributed by atoms with Gasteiger partial charge in [0.05, 0.1) is 36.5 Å². The predicted molar refractivity (Wildman–Crippen MR) is 116 cm³/mol. The molecule has 2 aromatic carbocycles. The third kappa shape index (κ3) is 3.68. The van der Waals surface area contributed by atoms with Crippen molar-refractivity contribution in [2.75, 3.05) is 7.11 Å². The van der Waals surface area contributed by atoms with Crippen LogP contribution in [0.5, 0.6) is 5.75 Å². The molecule has 1 amide bonds. The van der Waals surface area contributed by atoms with Crippen LogP contribution >= 0.6 is 0 Å². The lowest BCUT2D eigenvalue weighted by Crippen LogP contribution is -2.29. The minimum atomic E-state index is -0.742. The maximum atomic E-state index is 13.1. The molecule has 31 heavy (non-hydrogen) atoms. The van der Waals surface area contributed by atoms with Gasteiger partial charge in [-0.15, -0.1) is 0 Å². The van der Waals surface area contributed by atoms with Gasteiger partial charge in [-0.3, -0.25) is 14.6 Å². The van der Waals surface area contributed by atoms with Crippen LogP contribution in [-0.2, 0) is 16.1 Å². The highest BCUT2D eigenvalue weighted by Gasteiger charge is 2.46. The van der Waals surface area contributed by atoms with Crippen LogP contribution in [-0.4, -0.2) is 33.8 Å². The normalized spacial score (nSPS) is 17.7. The van der Waals surface area contributed by atoms with Crippen molar-refractivity contribution in [2.24, 2.45) is 0 Å². The van der Waals surface area contributed by atoms with E-state index in [1.54, 1.807) is 42.6 Å². The van der Waals surface area contributed by atoms with Gasteiger partial charge in [-0.1, -0.05) is 42.5 Å². The summed E-state index contributed by atoms with van der Waals surface area (Å²) in [6.45, 7) is 2.06. The summed E-state index contributed by atoms with van der Waals surface area (Å²) >= 11 is 0. The minimum absolute atomic E-state index is 0.0414. The van der Waals surface area contributed by atoms with Crippen molar-refractivity contribution in [2.45, 2.75) is 19.5 Å². The Hall–Kier alpha value is -3.93. The number of Topliss-reactive ketones (excluding diaryl/α,β-unsaturated/α-hetero) is 1. The molecule has 0 saturated carbocycles. The Morgan fingerprint density at radius 3 is 2.45 bits per heavy atom. The quantitative estimate of drug-likeness (QED) is 0.388. The van der Waals surface area contributed by atoms with Crippen LogP contribution in [0.1, 0.15) is 28.4 Å². The first kappa shape index (κ1) is 20.3. The number of amides is 1. The van der Waals surface area contributed by atoms with E-state index >= 15 is 0 Å². The molecule has 1 N–H and O–H groups in total. The van der Waals surface area contributed by atoms with Crippen molar-refractivity contribution in [1.82, 2.24) is 9.88 Å². The number of para-hydroxylation sites is 1. The smallest absolute Gasteiger partial charge is 0.296 e. The number of ketones is 1. The standard InChI is InChI=1S/C25H22N2O4/c1-16-9-3-4-11-18(16)22-21(23(28)19-12-5-6-13-20(19)31-2)24(29)25(30)27(22)15-17-10-7-8-14-26-17/h3-14,22,28H,15H2,1-2H3/b23-21+. The Morgan fingerprint density at radius 1 is 1.03 bits per heavy atom. The van der Waals surface area contributed by atoms with E-state index in [-0.39, 0.29) is 17.9 Å². The molecule has 4 rings (SSSR count). The molecular formula is C25H22N2O4. The summed E-state index contributed by atoms with van der Waals surface area (Å²) in [5, 5.41) is 11.2. The number of aromatic nitrogens is 1. The third-order valence-corrected chi connectivity index (χ3v) is 5.44. The van der Waals surface area contributed by atoms with Gasteiger partial charge in [-0.2, -0.15) is 0 Å². The number of rotatable bonds is 5. The number of likely N-dealkylation sites (tertiary alicyclic amines) is 1. The van der Waals surface area contributed by atoms with E-state index in [1.165, 1.54) is 12.0 Å². The maximum Gasteiger partial charge on any atom is 0.296 e. The van der Waals surface area contributed by atoms with E-state index in [0.717, 1.165) is 11.1 Å². The van der Waals surface area contributed by atoms with Gasteiger partial charge in [0.25, 0.3) is 11.7 Å². The molecule has 1 fully saturated rings. The number of benzene rings is 2. The number of nitrogens with zero attached hydrogens (tertiary/aromatic N) is 2. The zero-order valence-corrected chi connectivity index (χ0v) is 17.3. The van der Waals surface area contributed by atoms with Gasteiger partial charge in [-0.25, -0.2) is 0 Å². The van der Waals surface area contributed by atoms with Crippen LogP contribution in [0.4, 0.5) is 0 Å². The highest BCUT2D eigenvalue weighted by molar-refractivity contribution is 6.46. The van der Waals surface area contributed by atoms with Gasteiger partial charge in [0.15, 0.2) is 0 Å². The Morgan fingerprint density at radius 2 is 1.74 bits per heavy atom. The second-order valence-corrected chi connectivity index (χ2v) is 7.30. The van der Waals surface area contributed by atoms with E-state index in [4.69, 9.17) is 4.74 Å². The Bertz CT molecular complexity index is 1170. The molecule has 6 nitrogen and oxygen atoms in total. The fourth-order valence-corrected chi connectivity index (χ4v) is 3.91. The number of methoxy groups -OCH3 is 1. The number of hydrogen-bond acceptors (Lipinski definition) is 5. The monoisotopic (exact) mass is 414 g/mol. The van der Waals surface area contributed by atoms with E-state index < -0.39 is 17.7 Å². The van der Waals surface area contributed by atoms with E-state index in [9.17, 15) is 14.7 Å². The lowest BCUT2D eigenvalue weighted by Gasteiger charge is -2.26. The molecule has 0 aliphatic carbocycles. The number of pyridine rings is 1. The minimum Gasteiger partial charge on any atom is -0.507 e. The van der Waals surface area contributed by atoms with Gasteiger partial charge in [0.1, 0.15) is 11.5 Å². The van der Waals surface area contributed by atoms with Crippen LogP contribution in [0.25, 0.3) is 5.76 Å². The topological polar surface area (TPSA) is 79.7 Å². The second-order valence-electron chi connectivity index (χ2n) is 7.30. The molecule has 6 heteroatoms. The number of ether oxygens (including phenoxy) is 1. The first-order chi connectivity index (χ1) is 15.0. The molecule has 1 atom stereocenters. The summed E-state index contributed by atoms with van der Waals surface area (Å²) in [4.78, 5) is 32.0. The number of hydrogen-bond donors (Lipinski definition) is 1. The van der Waals surface area contributed by atoms with E-state index in [1.807, 2.05) is 37.3 Å². The van der Waals surface area contributed by atoms with Crippen molar-refractivity contribution in [3.05, 3.63) is 101 Å². The summed E-state index contributed by atoms with van der Waals surface area (Å²) in [7, 11) is 1.49. The largest absolute Gasteiger partial charge is 0.507 e. The Labute approximate surface area is 180 Å². The molecule has 0 spiro atoms. The first-order valence-corrected chi connectivity index (χ1v) is 9.90. The number of aryl methyl sites for hydroxylation is 1. The van der Waals surface area contributed by atoms with E-state index in [2.05, 4.69) is 4.98 Å². The summed E-state index contributed by atoms with van der Waals surface area (Å²) < 4.78 is 5.36. The summed E-state index contributed by atoms with van der Waals surface area (Å²) in [5.74, 6) is -1.24. The van der Waals surface area contributed by atoms with E-state index in [0.29, 0.717) is 17.0 Å². The van der Waals surface area contributed by atoms with Crippen LogP contribution in [0.15, 0.2) is 78.5 Å². The molecule has 1 aliphatic heterocycles. The molecule has 0 radical (unpaired) electrons. The lowest BCUT2D eigenvalue weighted by molar-refractivity contribution is -0.140. The molecule has 156 valence electrons. The van der Waals surface area contributed by atoms with Gasteiger partial charge >= 0.3 is 0 Å². The van der Waals surface area contributed by atoms with Crippen LogP contribution in [0, 0.1) is 6.92 Å². The van der Waals surface area contributed by atoms with Gasteiger partial charge in [0.2, 0.25) is 0 Å². The second kappa shape index (κ2) is 8.44. The number of carbonyl (C=O) groups is 2. The molecular weight excluding hydrogens is 392 g/mol. The Kier molecular flexibility index (Phi) is 5.54. The summed E-state index contributed by atoms with van der Waals surface area (Å²) in [6.07, 6.45) is 1.64. The van der Waals surface area contributed by atoms with Crippen molar-refractivity contribution in [3.8, 4) is 5.75 Å². The average molecular weight is 414 g/mol. The summed E-state index contributed by atoms with van der Waals surface area (Å²) in [6, 6.07) is 19.1. The third-order valence-electron chi connectivity index (χ3n) is 5.44. The highest BCUT2D eigenvalue weighted by atomic mass is 16.5. The Balaban J connectivity index is 1.92. The molecule has 1 aliphatic rings. The van der Waals surface area contributed by atoms with Crippen molar-refractivity contribution >= 4 is 17.4 Å². The van der Waals surface area contributed by atoms with Crippen molar-refractivity contribution < 1.29 is 19.4 Å².